The van der Waals surface area contributed by atoms with Crippen LogP contribution in [0.4, 0.5) is 0 Å². The largest absolute Gasteiger partial charge is 0.497 e. The molecule has 0 N–H and O–H groups in total. The van der Waals surface area contributed by atoms with Crippen molar-refractivity contribution in [1.29, 1.82) is 0 Å². The maximum Gasteiger partial charge on any atom is 0.296 e. The summed E-state index contributed by atoms with van der Waals surface area (Å²) in [6, 6.07) is 15.4. The van der Waals surface area contributed by atoms with Crippen molar-refractivity contribution >= 4 is 22.4 Å². The summed E-state index contributed by atoms with van der Waals surface area (Å²) in [5.74, 6) is 0.735. The molecule has 29 heavy (non-hydrogen) atoms. The van der Waals surface area contributed by atoms with Gasteiger partial charge in [0.1, 0.15) is 11.4 Å². The van der Waals surface area contributed by atoms with Crippen molar-refractivity contribution in [3.8, 4) is 5.75 Å². The van der Waals surface area contributed by atoms with E-state index in [0.717, 1.165) is 23.3 Å². The van der Waals surface area contributed by atoms with E-state index in [0.29, 0.717) is 15.9 Å². The highest BCUT2D eigenvalue weighted by atomic mass is 32.1. The molecule has 2 aromatic carbocycles. The molecule has 0 aliphatic carbocycles. The summed E-state index contributed by atoms with van der Waals surface area (Å²) >= 11 is 1.17. The molecule has 0 unspecified atom stereocenters. The smallest absolute Gasteiger partial charge is 0.296 e. The number of benzene rings is 2. The third-order valence-corrected chi connectivity index (χ3v) is 5.63. The number of nitrogens with zero attached hydrogens (tertiary/aromatic N) is 3. The molecule has 0 radical (unpaired) electrons. The molecular weight excluding hydrogens is 386 g/mol. The molecule has 0 amide bonds. The number of hydrogen-bond acceptors (Lipinski definition) is 6. The molecule has 0 aliphatic heterocycles. The number of hydrogen-bond donors (Lipinski definition) is 0. The zero-order valence-corrected chi connectivity index (χ0v) is 16.9. The fraction of sp³-hybridized carbons (Fsp3) is 0.182. The lowest BCUT2D eigenvalue weighted by Crippen LogP contribution is -2.28. The summed E-state index contributed by atoms with van der Waals surface area (Å²) in [6.07, 6.45) is 3.06. The Morgan fingerprint density at radius 1 is 1.03 bits per heavy atom. The SMILES string of the molecule is CCc1ccc(/C=c2\sc3nc(=O)c(Cc4ccc(OC)cc4)nn3c2=O)cc1. The van der Waals surface area contributed by atoms with Gasteiger partial charge < -0.3 is 4.74 Å². The third kappa shape index (κ3) is 3.95. The highest BCUT2D eigenvalue weighted by Gasteiger charge is 2.12. The molecule has 0 spiro atoms. The van der Waals surface area contributed by atoms with Gasteiger partial charge in [-0.25, -0.2) is 0 Å². The number of aryl methyl sites for hydroxylation is 1. The maximum atomic E-state index is 12.8. The first-order valence-electron chi connectivity index (χ1n) is 9.23. The van der Waals surface area contributed by atoms with Gasteiger partial charge in [0.15, 0.2) is 0 Å². The standard InChI is InChI=1S/C22H19N3O3S/c1-3-14-4-6-16(7-5-14)13-19-21(27)25-22(29-19)23-20(26)18(24-25)12-15-8-10-17(28-2)11-9-15/h4-11,13H,3,12H2,1-2H3/b19-13-. The van der Waals surface area contributed by atoms with Gasteiger partial charge >= 0.3 is 0 Å². The minimum atomic E-state index is -0.416. The van der Waals surface area contributed by atoms with Gasteiger partial charge in [0, 0.05) is 6.42 Å². The van der Waals surface area contributed by atoms with Crippen molar-refractivity contribution in [2.75, 3.05) is 7.11 Å². The van der Waals surface area contributed by atoms with E-state index >= 15 is 0 Å². The lowest BCUT2D eigenvalue weighted by atomic mass is 10.1. The minimum Gasteiger partial charge on any atom is -0.497 e. The van der Waals surface area contributed by atoms with Crippen molar-refractivity contribution in [3.05, 3.63) is 96.2 Å². The molecule has 4 aromatic rings. The number of rotatable bonds is 5. The molecule has 146 valence electrons. The van der Waals surface area contributed by atoms with E-state index in [1.54, 1.807) is 13.2 Å². The average Bonchev–Trinajstić information content (AvgIpc) is 3.04. The van der Waals surface area contributed by atoms with Crippen LogP contribution < -0.4 is 20.4 Å². The van der Waals surface area contributed by atoms with E-state index in [4.69, 9.17) is 4.74 Å². The van der Waals surface area contributed by atoms with E-state index < -0.39 is 5.56 Å². The van der Waals surface area contributed by atoms with Crippen LogP contribution in [0.25, 0.3) is 11.0 Å². The lowest BCUT2D eigenvalue weighted by Gasteiger charge is -2.02. The normalized spacial score (nSPS) is 11.9. The van der Waals surface area contributed by atoms with Gasteiger partial charge in [0.25, 0.3) is 11.1 Å². The van der Waals surface area contributed by atoms with Crippen molar-refractivity contribution in [1.82, 2.24) is 14.6 Å². The Hall–Kier alpha value is -3.32. The Balaban J connectivity index is 1.73. The van der Waals surface area contributed by atoms with Gasteiger partial charge in [-0.2, -0.15) is 14.6 Å². The van der Waals surface area contributed by atoms with E-state index in [9.17, 15) is 9.59 Å². The third-order valence-electron chi connectivity index (χ3n) is 4.67. The van der Waals surface area contributed by atoms with E-state index in [1.165, 1.54) is 21.4 Å². The van der Waals surface area contributed by atoms with Crippen LogP contribution in [0.1, 0.15) is 29.3 Å². The fourth-order valence-corrected chi connectivity index (χ4v) is 3.89. The molecule has 0 fully saturated rings. The summed E-state index contributed by atoms with van der Waals surface area (Å²) in [5, 5.41) is 4.29. The maximum absolute atomic E-state index is 12.8. The van der Waals surface area contributed by atoms with E-state index in [1.807, 2.05) is 48.5 Å². The highest BCUT2D eigenvalue weighted by Crippen LogP contribution is 2.13. The van der Waals surface area contributed by atoms with Crippen LogP contribution >= 0.6 is 11.3 Å². The van der Waals surface area contributed by atoms with Gasteiger partial charge in [0.2, 0.25) is 4.96 Å². The van der Waals surface area contributed by atoms with Crippen LogP contribution in [0.3, 0.4) is 0 Å². The molecule has 0 atom stereocenters. The van der Waals surface area contributed by atoms with Gasteiger partial charge in [-0.05, 0) is 41.3 Å². The monoisotopic (exact) mass is 405 g/mol. The molecule has 7 heteroatoms. The first-order chi connectivity index (χ1) is 14.1. The second-order valence-corrected chi connectivity index (χ2v) is 7.60. The predicted molar refractivity (Wildman–Crippen MR) is 114 cm³/mol. The molecule has 4 rings (SSSR count). The van der Waals surface area contributed by atoms with Gasteiger partial charge in [-0.15, -0.1) is 0 Å². The van der Waals surface area contributed by atoms with Crippen molar-refractivity contribution in [2.24, 2.45) is 0 Å². The van der Waals surface area contributed by atoms with Crippen molar-refractivity contribution in [3.63, 3.8) is 0 Å². The summed E-state index contributed by atoms with van der Waals surface area (Å²) in [6.45, 7) is 2.10. The van der Waals surface area contributed by atoms with Crippen molar-refractivity contribution in [2.45, 2.75) is 19.8 Å². The number of aromatic nitrogens is 3. The van der Waals surface area contributed by atoms with E-state index in [-0.39, 0.29) is 11.3 Å². The number of methoxy groups -OCH3 is 1. The van der Waals surface area contributed by atoms with Crippen LogP contribution in [-0.4, -0.2) is 21.7 Å². The second-order valence-electron chi connectivity index (χ2n) is 6.59. The Morgan fingerprint density at radius 2 is 1.72 bits per heavy atom. The molecule has 0 bridgehead atoms. The van der Waals surface area contributed by atoms with Crippen LogP contribution in [0.5, 0.6) is 5.75 Å². The number of fused-ring (bicyclic) bond motifs is 1. The molecule has 2 heterocycles. The molecular formula is C22H19N3O3S. The van der Waals surface area contributed by atoms with Crippen molar-refractivity contribution < 1.29 is 4.74 Å². The molecule has 6 nitrogen and oxygen atoms in total. The summed E-state index contributed by atoms with van der Waals surface area (Å²) in [5.41, 5.74) is 2.60. The molecule has 0 saturated heterocycles. The minimum absolute atomic E-state index is 0.237. The van der Waals surface area contributed by atoms with Crippen LogP contribution in [0.2, 0.25) is 0 Å². The first kappa shape index (κ1) is 19.0. The second kappa shape index (κ2) is 7.97. The predicted octanol–water partition coefficient (Wildman–Crippen LogP) is 2.22. The van der Waals surface area contributed by atoms with E-state index in [2.05, 4.69) is 17.0 Å². The van der Waals surface area contributed by atoms with Crippen LogP contribution in [0, 0.1) is 0 Å². The zero-order valence-electron chi connectivity index (χ0n) is 16.1. The number of thiazole rings is 1. The topological polar surface area (TPSA) is 73.6 Å². The average molecular weight is 405 g/mol. The molecule has 2 aromatic heterocycles. The van der Waals surface area contributed by atoms with Gasteiger partial charge in [0.05, 0.1) is 11.6 Å². The Labute approximate surface area is 170 Å². The summed E-state index contributed by atoms with van der Waals surface area (Å²) < 4.78 is 6.86. The first-order valence-corrected chi connectivity index (χ1v) is 10.1. The zero-order chi connectivity index (χ0) is 20.4. The fourth-order valence-electron chi connectivity index (χ4n) is 2.99. The highest BCUT2D eigenvalue weighted by molar-refractivity contribution is 7.15. The quantitative estimate of drug-likeness (QED) is 0.509. The Bertz CT molecular complexity index is 1320. The summed E-state index contributed by atoms with van der Waals surface area (Å²) in [7, 11) is 1.60. The number of ether oxygens (including phenoxy) is 1. The Morgan fingerprint density at radius 3 is 2.38 bits per heavy atom. The summed E-state index contributed by atoms with van der Waals surface area (Å²) in [4.78, 5) is 29.5. The van der Waals surface area contributed by atoms with Gasteiger partial charge in [-0.3, -0.25) is 9.59 Å². The Kier molecular flexibility index (Phi) is 5.22. The van der Waals surface area contributed by atoms with Gasteiger partial charge in [-0.1, -0.05) is 54.7 Å². The molecule has 0 aliphatic rings. The van der Waals surface area contributed by atoms with Crippen LogP contribution in [-0.2, 0) is 12.8 Å². The van der Waals surface area contributed by atoms with Crippen LogP contribution in [0.15, 0.2) is 58.1 Å². The molecule has 0 saturated carbocycles. The lowest BCUT2D eigenvalue weighted by molar-refractivity contribution is 0.414.